The minimum Gasteiger partial charge on any atom is -0.461 e. The van der Waals surface area contributed by atoms with Crippen LogP contribution in [0.3, 0.4) is 0 Å². The van der Waals surface area contributed by atoms with Crippen LogP contribution >= 0.6 is 0 Å². The monoisotopic (exact) mass is 251 g/mol. The minimum atomic E-state index is -3.38. The number of esters is 1. The summed E-state index contributed by atoms with van der Waals surface area (Å²) in [7, 11) is 0. The number of halogens is 2. The first kappa shape index (κ1) is 14.3. The van der Waals surface area contributed by atoms with Gasteiger partial charge in [0.15, 0.2) is 0 Å². The third-order valence-electron chi connectivity index (χ3n) is 2.56. The molecule has 0 aliphatic carbocycles. The molecule has 0 unspecified atom stereocenters. The number of alkyl halides is 2. The maximum Gasteiger partial charge on any atom is 0.376 e. The molecule has 0 bridgehead atoms. The summed E-state index contributed by atoms with van der Waals surface area (Å²) in [6, 6.07) is 0. The molecule has 0 aromatic carbocycles. The summed E-state index contributed by atoms with van der Waals surface area (Å²) < 4.78 is 34.5. The SMILES string of the molecule is CC(F)(F)C(=O)OCCCCN1CCOCC1. The Morgan fingerprint density at radius 1 is 1.35 bits per heavy atom. The molecule has 17 heavy (non-hydrogen) atoms. The Bertz CT molecular complexity index is 237. The molecule has 0 aromatic rings. The highest BCUT2D eigenvalue weighted by Crippen LogP contribution is 2.13. The molecule has 1 fully saturated rings. The van der Waals surface area contributed by atoms with Gasteiger partial charge < -0.3 is 9.47 Å². The highest BCUT2D eigenvalue weighted by atomic mass is 19.3. The van der Waals surface area contributed by atoms with Gasteiger partial charge in [0, 0.05) is 20.0 Å². The van der Waals surface area contributed by atoms with Crippen LogP contribution in [0.25, 0.3) is 0 Å². The summed E-state index contributed by atoms with van der Waals surface area (Å²) in [5.74, 6) is -4.83. The van der Waals surface area contributed by atoms with E-state index in [1.54, 1.807) is 0 Å². The molecule has 0 saturated carbocycles. The maximum absolute atomic E-state index is 12.4. The molecule has 1 aliphatic rings. The lowest BCUT2D eigenvalue weighted by Crippen LogP contribution is -2.36. The van der Waals surface area contributed by atoms with E-state index in [-0.39, 0.29) is 6.61 Å². The second-order valence-corrected chi connectivity index (χ2v) is 4.19. The minimum absolute atomic E-state index is 0.0621. The second-order valence-electron chi connectivity index (χ2n) is 4.19. The van der Waals surface area contributed by atoms with E-state index in [2.05, 4.69) is 9.64 Å². The van der Waals surface area contributed by atoms with E-state index in [9.17, 15) is 13.6 Å². The lowest BCUT2D eigenvalue weighted by molar-refractivity contribution is -0.169. The van der Waals surface area contributed by atoms with E-state index >= 15 is 0 Å². The first-order chi connectivity index (χ1) is 8.00. The molecule has 4 nitrogen and oxygen atoms in total. The van der Waals surface area contributed by atoms with Crippen LogP contribution in [0.2, 0.25) is 0 Å². The number of unbranched alkanes of at least 4 members (excludes halogenated alkanes) is 1. The van der Waals surface area contributed by atoms with Crippen molar-refractivity contribution in [3.63, 3.8) is 0 Å². The number of nitrogens with zero attached hydrogens (tertiary/aromatic N) is 1. The number of rotatable bonds is 6. The molecule has 0 radical (unpaired) electrons. The van der Waals surface area contributed by atoms with Crippen LogP contribution in [0.1, 0.15) is 19.8 Å². The number of hydrogen-bond acceptors (Lipinski definition) is 4. The smallest absolute Gasteiger partial charge is 0.376 e. The lowest BCUT2D eigenvalue weighted by atomic mass is 10.3. The van der Waals surface area contributed by atoms with E-state index in [0.717, 1.165) is 39.3 Å². The summed E-state index contributed by atoms with van der Waals surface area (Å²) in [6.45, 7) is 4.81. The Labute approximate surface area is 99.9 Å². The third-order valence-corrected chi connectivity index (χ3v) is 2.56. The van der Waals surface area contributed by atoms with Crippen molar-refractivity contribution in [2.75, 3.05) is 39.5 Å². The van der Waals surface area contributed by atoms with E-state index in [4.69, 9.17) is 4.74 Å². The van der Waals surface area contributed by atoms with Crippen molar-refractivity contribution in [1.82, 2.24) is 4.90 Å². The number of ether oxygens (including phenoxy) is 2. The van der Waals surface area contributed by atoms with Crippen LogP contribution in [-0.2, 0) is 14.3 Å². The fraction of sp³-hybridized carbons (Fsp3) is 0.909. The number of carbonyl (C=O) groups is 1. The summed E-state index contributed by atoms with van der Waals surface area (Å²) in [6.07, 6.45) is 1.45. The normalized spacial score (nSPS) is 18.1. The van der Waals surface area contributed by atoms with E-state index in [0.29, 0.717) is 13.3 Å². The molecular weight excluding hydrogens is 232 g/mol. The van der Waals surface area contributed by atoms with Crippen molar-refractivity contribution in [2.24, 2.45) is 0 Å². The number of carbonyl (C=O) groups excluding carboxylic acids is 1. The van der Waals surface area contributed by atoms with Gasteiger partial charge in [-0.25, -0.2) is 4.79 Å². The van der Waals surface area contributed by atoms with E-state index in [1.165, 1.54) is 0 Å². The molecule has 1 rings (SSSR count). The third kappa shape index (κ3) is 5.93. The predicted molar refractivity (Wildman–Crippen MR) is 58.1 cm³/mol. The fourth-order valence-corrected chi connectivity index (χ4v) is 1.55. The molecule has 1 aliphatic heterocycles. The van der Waals surface area contributed by atoms with Crippen molar-refractivity contribution in [3.8, 4) is 0 Å². The zero-order chi connectivity index (χ0) is 12.7. The largest absolute Gasteiger partial charge is 0.461 e. The zero-order valence-electron chi connectivity index (χ0n) is 10.1. The average molecular weight is 251 g/mol. The standard InChI is InChI=1S/C11H19F2NO3/c1-11(12,13)10(15)17-7-3-2-4-14-5-8-16-9-6-14/h2-9H2,1H3. The molecule has 1 saturated heterocycles. The topological polar surface area (TPSA) is 38.8 Å². The maximum atomic E-state index is 12.4. The predicted octanol–water partition coefficient (Wildman–Crippen LogP) is 1.30. The first-order valence-electron chi connectivity index (χ1n) is 5.85. The zero-order valence-corrected chi connectivity index (χ0v) is 10.1. The van der Waals surface area contributed by atoms with E-state index in [1.807, 2.05) is 0 Å². The van der Waals surface area contributed by atoms with Crippen LogP contribution in [0.4, 0.5) is 8.78 Å². The Morgan fingerprint density at radius 2 is 2.00 bits per heavy atom. The lowest BCUT2D eigenvalue weighted by Gasteiger charge is -2.26. The quantitative estimate of drug-likeness (QED) is 0.527. The van der Waals surface area contributed by atoms with Crippen LogP contribution in [-0.4, -0.2) is 56.2 Å². The average Bonchev–Trinajstić information content (AvgIpc) is 2.28. The van der Waals surface area contributed by atoms with Gasteiger partial charge in [-0.2, -0.15) is 8.78 Å². The van der Waals surface area contributed by atoms with Gasteiger partial charge >= 0.3 is 11.9 Å². The molecular formula is C11H19F2NO3. The van der Waals surface area contributed by atoms with Gasteiger partial charge in [0.25, 0.3) is 0 Å². The molecule has 0 amide bonds. The van der Waals surface area contributed by atoms with Gasteiger partial charge in [-0.3, -0.25) is 4.90 Å². The number of hydrogen-bond donors (Lipinski definition) is 0. The first-order valence-corrected chi connectivity index (χ1v) is 5.85. The Morgan fingerprint density at radius 3 is 2.59 bits per heavy atom. The van der Waals surface area contributed by atoms with Crippen molar-refractivity contribution in [1.29, 1.82) is 0 Å². The number of morpholine rings is 1. The van der Waals surface area contributed by atoms with Crippen LogP contribution < -0.4 is 0 Å². The van der Waals surface area contributed by atoms with Crippen LogP contribution in [0, 0.1) is 0 Å². The Hall–Kier alpha value is -0.750. The van der Waals surface area contributed by atoms with Crippen LogP contribution in [0.5, 0.6) is 0 Å². The summed E-state index contributed by atoms with van der Waals surface area (Å²) in [5, 5.41) is 0. The van der Waals surface area contributed by atoms with Gasteiger partial charge in [-0.05, 0) is 19.4 Å². The van der Waals surface area contributed by atoms with Crippen LogP contribution in [0.15, 0.2) is 0 Å². The molecule has 0 N–H and O–H groups in total. The molecule has 0 spiro atoms. The van der Waals surface area contributed by atoms with Crippen molar-refractivity contribution < 1.29 is 23.0 Å². The Balaban J connectivity index is 1.99. The van der Waals surface area contributed by atoms with Crippen molar-refractivity contribution in [3.05, 3.63) is 0 Å². The summed E-state index contributed by atoms with van der Waals surface area (Å²) in [4.78, 5) is 13.0. The molecule has 0 atom stereocenters. The van der Waals surface area contributed by atoms with Gasteiger partial charge in [-0.15, -0.1) is 0 Å². The van der Waals surface area contributed by atoms with Gasteiger partial charge in [0.05, 0.1) is 19.8 Å². The summed E-state index contributed by atoms with van der Waals surface area (Å²) >= 11 is 0. The molecule has 1 heterocycles. The second kappa shape index (κ2) is 6.86. The summed E-state index contributed by atoms with van der Waals surface area (Å²) in [5.41, 5.74) is 0. The molecule has 0 aromatic heterocycles. The molecule has 6 heteroatoms. The molecule has 100 valence electrons. The Kier molecular flexibility index (Phi) is 5.77. The highest BCUT2D eigenvalue weighted by Gasteiger charge is 2.33. The van der Waals surface area contributed by atoms with E-state index < -0.39 is 11.9 Å². The van der Waals surface area contributed by atoms with Gasteiger partial charge in [-0.1, -0.05) is 0 Å². The highest BCUT2D eigenvalue weighted by molar-refractivity contribution is 5.76. The van der Waals surface area contributed by atoms with Crippen molar-refractivity contribution >= 4 is 5.97 Å². The van der Waals surface area contributed by atoms with Crippen molar-refractivity contribution in [2.45, 2.75) is 25.7 Å². The van der Waals surface area contributed by atoms with Gasteiger partial charge in [0.1, 0.15) is 0 Å². The fourth-order valence-electron chi connectivity index (χ4n) is 1.55. The van der Waals surface area contributed by atoms with Gasteiger partial charge in [0.2, 0.25) is 0 Å².